The quantitative estimate of drug-likeness (QED) is 0.453. The van der Waals surface area contributed by atoms with E-state index in [9.17, 15) is 0 Å². The molecule has 0 unspecified atom stereocenters. The minimum atomic E-state index is -0.724. The molecule has 0 rings (SSSR count). The Kier molecular flexibility index (Phi) is 7.45. The van der Waals surface area contributed by atoms with Crippen molar-refractivity contribution >= 4 is 10.2 Å². The van der Waals surface area contributed by atoms with E-state index in [1.54, 1.807) is 0 Å². The Morgan fingerprint density at radius 2 is 1.57 bits per heavy atom. The van der Waals surface area contributed by atoms with Gasteiger partial charge in [-0.05, 0) is 26.2 Å². The van der Waals surface area contributed by atoms with Crippen LogP contribution in [0.4, 0.5) is 0 Å². The van der Waals surface area contributed by atoms with Crippen molar-refractivity contribution in [3.8, 4) is 0 Å². The van der Waals surface area contributed by atoms with Gasteiger partial charge in [0.2, 0.25) is 5.60 Å². The fraction of sp³-hybridized carbons (Fsp3) is 1.00. The summed E-state index contributed by atoms with van der Waals surface area (Å²) in [6, 6.07) is 0. The van der Waals surface area contributed by atoms with Crippen LogP contribution in [0.2, 0.25) is 0 Å². The minimum absolute atomic E-state index is 0.630. The molecule has 0 fully saturated rings. The lowest BCUT2D eigenvalue weighted by molar-refractivity contribution is -0.322. The van der Waals surface area contributed by atoms with E-state index in [1.165, 1.54) is 0 Å². The molecule has 4 heteroatoms. The number of rotatable bonds is 8. The molecule has 0 saturated heterocycles. The largest absolute Gasteiger partial charge is 0.333 e. The summed E-state index contributed by atoms with van der Waals surface area (Å²) in [5, 5.41) is 0. The van der Waals surface area contributed by atoms with Gasteiger partial charge in [0.25, 0.3) is 0 Å². The molecule has 0 aromatic carbocycles. The van der Waals surface area contributed by atoms with Crippen LogP contribution < -0.4 is 0 Å². The van der Waals surface area contributed by atoms with Gasteiger partial charge in [0.05, 0.1) is 6.61 Å². The highest BCUT2D eigenvalue weighted by molar-refractivity contribution is 6.12. The van der Waals surface area contributed by atoms with Crippen molar-refractivity contribution in [2.24, 2.45) is 5.92 Å². The summed E-state index contributed by atoms with van der Waals surface area (Å²) in [5.74, 6) is 0.657. The van der Waals surface area contributed by atoms with Gasteiger partial charge in [0.15, 0.2) is 0 Å². The molecule has 86 valence electrons. The van der Waals surface area contributed by atoms with Crippen LogP contribution in [0.25, 0.3) is 0 Å². The Balaban J connectivity index is 3.83. The molecule has 3 nitrogen and oxygen atoms in total. The van der Waals surface area contributed by atoms with Crippen LogP contribution in [-0.4, -0.2) is 35.7 Å². The zero-order chi connectivity index (χ0) is 11.0. The average molecular weight is 220 g/mol. The maximum absolute atomic E-state index is 5.64. The summed E-state index contributed by atoms with van der Waals surface area (Å²) >= 11 is 0. The van der Waals surface area contributed by atoms with E-state index in [1.807, 2.05) is 13.8 Å². The summed E-state index contributed by atoms with van der Waals surface area (Å²) < 4.78 is 16.6. The Labute approximate surface area is 90.5 Å². The lowest BCUT2D eigenvalue weighted by Gasteiger charge is -2.29. The molecule has 14 heavy (non-hydrogen) atoms. The van der Waals surface area contributed by atoms with E-state index >= 15 is 0 Å². The van der Waals surface area contributed by atoms with Crippen molar-refractivity contribution in [1.82, 2.24) is 0 Å². The summed E-state index contributed by atoms with van der Waals surface area (Å²) in [5.41, 5.74) is -0.724. The summed E-state index contributed by atoms with van der Waals surface area (Å²) in [7, 11) is 0.731. The molecule has 0 atom stereocenters. The molecule has 0 aliphatic heterocycles. The van der Waals surface area contributed by atoms with Gasteiger partial charge in [0.1, 0.15) is 10.2 Å². The molecule has 0 aromatic heterocycles. The molecule has 0 spiro atoms. The molecule has 0 bridgehead atoms. The predicted molar refractivity (Wildman–Crippen MR) is 61.3 cm³/mol. The van der Waals surface area contributed by atoms with Gasteiger partial charge in [-0.2, -0.15) is 0 Å². The highest BCUT2D eigenvalue weighted by atomic mass is 28.1. The van der Waals surface area contributed by atoms with Crippen LogP contribution in [0, 0.1) is 5.92 Å². The first-order valence-corrected chi connectivity index (χ1v) is 6.46. The maximum atomic E-state index is 5.64. The molecular weight excluding hydrogens is 196 g/mol. The van der Waals surface area contributed by atoms with Gasteiger partial charge < -0.3 is 14.2 Å². The van der Waals surface area contributed by atoms with E-state index in [0.717, 1.165) is 16.7 Å². The first-order valence-electron chi connectivity index (χ1n) is 5.46. The maximum Gasteiger partial charge on any atom is 0.245 e. The highest BCUT2D eigenvalue weighted by Gasteiger charge is 2.24. The first-order chi connectivity index (χ1) is 6.54. The summed E-state index contributed by atoms with van der Waals surface area (Å²) in [4.78, 5) is 0. The number of hydrogen-bond donors (Lipinski definition) is 0. The Morgan fingerprint density at radius 1 is 1.07 bits per heavy atom. The normalized spacial score (nSPS) is 12.6. The number of ether oxygens (including phenoxy) is 3. The van der Waals surface area contributed by atoms with E-state index in [0.29, 0.717) is 25.7 Å². The topological polar surface area (TPSA) is 27.7 Å². The molecule has 0 amide bonds. The summed E-state index contributed by atoms with van der Waals surface area (Å²) in [6.07, 6.45) is 1.05. The molecule has 0 saturated carbocycles. The van der Waals surface area contributed by atoms with Crippen molar-refractivity contribution in [3.63, 3.8) is 0 Å². The molecule has 0 aliphatic carbocycles. The van der Waals surface area contributed by atoms with Crippen LogP contribution in [0.15, 0.2) is 0 Å². The third kappa shape index (κ3) is 6.54. The van der Waals surface area contributed by atoms with E-state index in [-0.39, 0.29) is 0 Å². The number of hydrogen-bond acceptors (Lipinski definition) is 3. The third-order valence-electron chi connectivity index (χ3n) is 1.87. The second-order valence-corrected chi connectivity index (χ2v) is 4.98. The van der Waals surface area contributed by atoms with Gasteiger partial charge in [0, 0.05) is 13.2 Å². The predicted octanol–water partition coefficient (Wildman–Crippen LogP) is 1.10. The molecular formula is C10H24O3Si. The fourth-order valence-electron chi connectivity index (χ4n) is 1.13. The highest BCUT2D eigenvalue weighted by Crippen LogP contribution is 2.12. The fourth-order valence-corrected chi connectivity index (χ4v) is 1.91. The average Bonchev–Trinajstić information content (AvgIpc) is 2.03. The van der Waals surface area contributed by atoms with E-state index in [4.69, 9.17) is 14.2 Å². The minimum Gasteiger partial charge on any atom is -0.333 e. The van der Waals surface area contributed by atoms with Crippen molar-refractivity contribution in [2.45, 2.75) is 39.7 Å². The second kappa shape index (κ2) is 7.40. The Bertz CT molecular complexity index is 133. The smallest absolute Gasteiger partial charge is 0.245 e. The Morgan fingerprint density at radius 3 is 1.93 bits per heavy atom. The molecule has 0 aromatic rings. The second-order valence-electron chi connectivity index (χ2n) is 3.76. The van der Waals surface area contributed by atoms with Crippen molar-refractivity contribution < 1.29 is 14.2 Å². The molecule has 0 N–H and O–H groups in total. The monoisotopic (exact) mass is 220 g/mol. The molecule has 0 aliphatic rings. The SMILES string of the molecule is CCOC([SiH3])(OCC)OCCC(C)C. The zero-order valence-corrected chi connectivity index (χ0v) is 12.1. The van der Waals surface area contributed by atoms with Crippen LogP contribution in [-0.2, 0) is 14.2 Å². The van der Waals surface area contributed by atoms with Crippen LogP contribution in [0.5, 0.6) is 0 Å². The van der Waals surface area contributed by atoms with Gasteiger partial charge in [-0.3, -0.25) is 0 Å². The van der Waals surface area contributed by atoms with Crippen molar-refractivity contribution in [2.75, 3.05) is 19.8 Å². The molecule has 0 radical (unpaired) electrons. The summed E-state index contributed by atoms with van der Waals surface area (Å²) in [6.45, 7) is 10.2. The third-order valence-corrected chi connectivity index (χ3v) is 2.74. The van der Waals surface area contributed by atoms with Crippen molar-refractivity contribution in [1.29, 1.82) is 0 Å². The van der Waals surface area contributed by atoms with Crippen LogP contribution in [0.1, 0.15) is 34.1 Å². The molecule has 0 heterocycles. The van der Waals surface area contributed by atoms with E-state index in [2.05, 4.69) is 13.8 Å². The zero-order valence-electron chi connectivity index (χ0n) is 10.1. The van der Waals surface area contributed by atoms with E-state index < -0.39 is 5.60 Å². The van der Waals surface area contributed by atoms with Crippen LogP contribution in [0.3, 0.4) is 0 Å². The van der Waals surface area contributed by atoms with Crippen molar-refractivity contribution in [3.05, 3.63) is 0 Å². The van der Waals surface area contributed by atoms with Gasteiger partial charge >= 0.3 is 0 Å². The lowest BCUT2D eigenvalue weighted by atomic mass is 10.1. The van der Waals surface area contributed by atoms with Gasteiger partial charge in [-0.1, -0.05) is 13.8 Å². The van der Waals surface area contributed by atoms with Crippen LogP contribution >= 0.6 is 0 Å². The Hall–Kier alpha value is 0.0969. The lowest BCUT2D eigenvalue weighted by Crippen LogP contribution is -2.40. The standard InChI is InChI=1S/C10H24O3Si/c1-5-11-10(14,12-6-2)13-8-7-9(3)4/h9H,5-8H2,1-4,14H3. The van der Waals surface area contributed by atoms with Gasteiger partial charge in [-0.15, -0.1) is 0 Å². The first kappa shape index (κ1) is 14.1. The van der Waals surface area contributed by atoms with Gasteiger partial charge in [-0.25, -0.2) is 0 Å².